The fourth-order valence-electron chi connectivity index (χ4n) is 1.61. The van der Waals surface area contributed by atoms with Crippen LogP contribution in [0.2, 0.25) is 0 Å². The van der Waals surface area contributed by atoms with Gasteiger partial charge in [-0.3, -0.25) is 9.17 Å². The van der Waals surface area contributed by atoms with Crippen LogP contribution in [-0.2, 0) is 0 Å². The van der Waals surface area contributed by atoms with Gasteiger partial charge in [0.25, 0.3) is 5.56 Å². The van der Waals surface area contributed by atoms with Crippen molar-refractivity contribution in [2.75, 3.05) is 0 Å². The normalized spacial score (nSPS) is 10.8. The first-order valence-corrected chi connectivity index (χ1v) is 5.70. The van der Waals surface area contributed by atoms with E-state index in [9.17, 15) is 4.79 Å². The predicted molar refractivity (Wildman–Crippen MR) is 65.7 cm³/mol. The average molecular weight is 228 g/mol. The third-order valence-corrected chi connectivity index (χ3v) is 3.21. The van der Waals surface area contributed by atoms with Crippen LogP contribution in [0.15, 0.2) is 47.3 Å². The molecule has 3 nitrogen and oxygen atoms in total. The fourth-order valence-corrected chi connectivity index (χ4v) is 2.32. The number of nitrogens with zero attached hydrogens (tertiary/aromatic N) is 1. The van der Waals surface area contributed by atoms with Crippen molar-refractivity contribution in [3.63, 3.8) is 0 Å². The third kappa shape index (κ3) is 1.44. The summed E-state index contributed by atoms with van der Waals surface area (Å²) in [6, 6.07) is 13.6. The number of aromatic amines is 1. The van der Waals surface area contributed by atoms with Crippen LogP contribution in [0.5, 0.6) is 0 Å². The van der Waals surface area contributed by atoms with Gasteiger partial charge in [-0.25, -0.2) is 4.98 Å². The van der Waals surface area contributed by atoms with Crippen LogP contribution >= 0.6 is 11.5 Å². The Hall–Kier alpha value is -1.94. The lowest BCUT2D eigenvalue weighted by molar-refractivity contribution is 1.41. The van der Waals surface area contributed by atoms with Crippen molar-refractivity contribution < 1.29 is 0 Å². The molecular formula is C12H8N2OS. The summed E-state index contributed by atoms with van der Waals surface area (Å²) < 4.78 is 2.68. The summed E-state index contributed by atoms with van der Waals surface area (Å²) in [6.45, 7) is 0. The molecule has 1 aromatic carbocycles. The van der Waals surface area contributed by atoms with Gasteiger partial charge in [0.05, 0.1) is 11.1 Å². The molecule has 78 valence electrons. The van der Waals surface area contributed by atoms with E-state index >= 15 is 0 Å². The van der Waals surface area contributed by atoms with Crippen LogP contribution in [0, 0.1) is 0 Å². The van der Waals surface area contributed by atoms with Crippen molar-refractivity contribution in [2.45, 2.75) is 0 Å². The lowest BCUT2D eigenvalue weighted by Crippen LogP contribution is -1.96. The second kappa shape index (κ2) is 3.57. The lowest BCUT2D eigenvalue weighted by atomic mass is 10.1. The Bertz CT molecular complexity index is 685. The maximum Gasteiger partial charge on any atom is 0.267 e. The van der Waals surface area contributed by atoms with E-state index in [4.69, 9.17) is 0 Å². The van der Waals surface area contributed by atoms with Crippen LogP contribution in [0.1, 0.15) is 0 Å². The second-order valence-corrected chi connectivity index (χ2v) is 4.24. The first kappa shape index (κ1) is 9.30. The van der Waals surface area contributed by atoms with E-state index in [0.717, 1.165) is 16.1 Å². The molecule has 0 saturated carbocycles. The fraction of sp³-hybridized carbons (Fsp3) is 0. The van der Waals surface area contributed by atoms with Crippen molar-refractivity contribution in [2.24, 2.45) is 0 Å². The molecule has 0 spiro atoms. The van der Waals surface area contributed by atoms with Gasteiger partial charge in [-0.1, -0.05) is 30.3 Å². The van der Waals surface area contributed by atoms with Crippen LogP contribution in [-0.4, -0.2) is 9.36 Å². The Morgan fingerprint density at radius 3 is 2.69 bits per heavy atom. The van der Waals surface area contributed by atoms with Crippen molar-refractivity contribution >= 4 is 21.7 Å². The molecule has 0 fully saturated rings. The van der Waals surface area contributed by atoms with Crippen molar-refractivity contribution in [1.29, 1.82) is 0 Å². The molecule has 0 unspecified atom stereocenters. The molecule has 3 aromatic rings. The minimum Gasteiger partial charge on any atom is -0.275 e. The van der Waals surface area contributed by atoms with E-state index in [-0.39, 0.29) is 5.56 Å². The standard InChI is InChI=1S/C12H8N2OS/c15-11-9-6-7-10(13-12(9)16-14-11)8-4-2-1-3-5-8/h1-7H,(H,14,15). The second-order valence-electron chi connectivity index (χ2n) is 3.45. The number of H-pyrrole nitrogens is 1. The molecule has 2 aromatic heterocycles. The maximum absolute atomic E-state index is 11.3. The highest BCUT2D eigenvalue weighted by molar-refractivity contribution is 7.12. The number of pyridine rings is 1. The zero-order valence-electron chi connectivity index (χ0n) is 8.31. The van der Waals surface area contributed by atoms with E-state index in [2.05, 4.69) is 9.36 Å². The summed E-state index contributed by atoms with van der Waals surface area (Å²) in [5.74, 6) is 0. The monoisotopic (exact) mass is 228 g/mol. The molecule has 16 heavy (non-hydrogen) atoms. The number of hydrogen-bond donors (Lipinski definition) is 1. The molecule has 0 aliphatic carbocycles. The number of fused-ring (bicyclic) bond motifs is 1. The Balaban J connectivity index is 2.23. The maximum atomic E-state index is 11.3. The third-order valence-electron chi connectivity index (χ3n) is 2.41. The van der Waals surface area contributed by atoms with Crippen LogP contribution in [0.3, 0.4) is 0 Å². The summed E-state index contributed by atoms with van der Waals surface area (Å²) in [6.07, 6.45) is 0. The number of aromatic nitrogens is 2. The number of benzene rings is 1. The molecular weight excluding hydrogens is 220 g/mol. The van der Waals surface area contributed by atoms with Crippen molar-refractivity contribution in [3.8, 4) is 11.3 Å². The largest absolute Gasteiger partial charge is 0.275 e. The van der Waals surface area contributed by atoms with Gasteiger partial charge in [-0.05, 0) is 23.7 Å². The topological polar surface area (TPSA) is 45.8 Å². The number of nitrogens with one attached hydrogen (secondary N) is 1. The first-order valence-electron chi connectivity index (χ1n) is 4.88. The molecule has 0 aliphatic heterocycles. The summed E-state index contributed by atoms with van der Waals surface area (Å²) >= 11 is 1.27. The molecule has 0 amide bonds. The summed E-state index contributed by atoms with van der Waals surface area (Å²) in [7, 11) is 0. The molecule has 1 N–H and O–H groups in total. The smallest absolute Gasteiger partial charge is 0.267 e. The van der Waals surface area contributed by atoms with Crippen LogP contribution in [0.25, 0.3) is 21.5 Å². The van der Waals surface area contributed by atoms with Gasteiger partial charge < -0.3 is 0 Å². The molecule has 3 rings (SSSR count). The Morgan fingerprint density at radius 1 is 1.06 bits per heavy atom. The van der Waals surface area contributed by atoms with E-state index in [1.165, 1.54) is 11.5 Å². The van der Waals surface area contributed by atoms with Gasteiger partial charge in [0.2, 0.25) is 0 Å². The quantitative estimate of drug-likeness (QED) is 0.696. The molecule has 0 atom stereocenters. The van der Waals surface area contributed by atoms with E-state index < -0.39 is 0 Å². The SMILES string of the molecule is O=c1[nH]sc2nc(-c3ccccc3)ccc12. The minimum absolute atomic E-state index is 0.0629. The lowest BCUT2D eigenvalue weighted by Gasteiger charge is -1.98. The van der Waals surface area contributed by atoms with Crippen molar-refractivity contribution in [1.82, 2.24) is 9.36 Å². The summed E-state index contributed by atoms with van der Waals surface area (Å²) in [5, 5.41) is 0.657. The van der Waals surface area contributed by atoms with E-state index in [1.54, 1.807) is 0 Å². The highest BCUT2D eigenvalue weighted by Crippen LogP contribution is 2.20. The molecule has 0 aliphatic rings. The predicted octanol–water partition coefficient (Wildman–Crippen LogP) is 2.65. The zero-order valence-corrected chi connectivity index (χ0v) is 9.12. The van der Waals surface area contributed by atoms with Crippen LogP contribution < -0.4 is 5.56 Å². The Morgan fingerprint density at radius 2 is 1.88 bits per heavy atom. The number of rotatable bonds is 1. The molecule has 4 heteroatoms. The number of hydrogen-bond acceptors (Lipinski definition) is 3. The van der Waals surface area contributed by atoms with Gasteiger partial charge in [-0.2, -0.15) is 0 Å². The molecule has 2 heterocycles. The molecule has 0 radical (unpaired) electrons. The Kier molecular flexibility index (Phi) is 2.08. The first-order chi connectivity index (χ1) is 7.84. The van der Waals surface area contributed by atoms with Gasteiger partial charge in [0.1, 0.15) is 4.83 Å². The summed E-state index contributed by atoms with van der Waals surface area (Å²) in [4.78, 5) is 16.6. The Labute approximate surface area is 95.6 Å². The van der Waals surface area contributed by atoms with Gasteiger partial charge in [-0.15, -0.1) is 0 Å². The van der Waals surface area contributed by atoms with Crippen molar-refractivity contribution in [3.05, 3.63) is 52.8 Å². The van der Waals surface area contributed by atoms with Crippen LogP contribution in [0.4, 0.5) is 0 Å². The highest BCUT2D eigenvalue weighted by Gasteiger charge is 2.04. The molecule has 0 saturated heterocycles. The molecule has 0 bridgehead atoms. The average Bonchev–Trinajstić information content (AvgIpc) is 2.72. The minimum atomic E-state index is -0.0629. The zero-order chi connectivity index (χ0) is 11.0. The van der Waals surface area contributed by atoms with Gasteiger partial charge in [0.15, 0.2) is 0 Å². The van der Waals surface area contributed by atoms with Gasteiger partial charge in [0, 0.05) is 5.56 Å². The summed E-state index contributed by atoms with van der Waals surface area (Å²) in [5.41, 5.74) is 1.89. The highest BCUT2D eigenvalue weighted by atomic mass is 32.1. The van der Waals surface area contributed by atoms with E-state index in [0.29, 0.717) is 5.39 Å². The van der Waals surface area contributed by atoms with Gasteiger partial charge >= 0.3 is 0 Å². The van der Waals surface area contributed by atoms with E-state index in [1.807, 2.05) is 42.5 Å².